The normalized spacial score (nSPS) is 11.8. The van der Waals surface area contributed by atoms with Crippen LogP contribution in [0.4, 0.5) is 5.69 Å². The standard InChI is InChI=1S/C14H8Cl3N3O4S/c15-6-1-2-8-11(3-6)19-14(22)20(13(8)21)25(23,24)7-4-9(16)12(18)10(17)5-7/h1-5H,18H2,(H,19,22). The Bertz CT molecular complexity index is 1230. The highest BCUT2D eigenvalue weighted by Crippen LogP contribution is 2.31. The molecule has 0 saturated carbocycles. The molecule has 1 aromatic heterocycles. The van der Waals surface area contributed by atoms with E-state index in [0.29, 0.717) is 0 Å². The number of halogens is 3. The molecular formula is C14H8Cl3N3O4S. The maximum Gasteiger partial charge on any atom is 0.343 e. The number of nitrogens with zero attached hydrogens (tertiary/aromatic N) is 1. The van der Waals surface area contributed by atoms with Crippen molar-refractivity contribution in [3.63, 3.8) is 0 Å². The maximum atomic E-state index is 12.8. The van der Waals surface area contributed by atoms with Crippen LogP contribution >= 0.6 is 34.8 Å². The summed E-state index contributed by atoms with van der Waals surface area (Å²) in [5, 5.41) is 0.00622. The Morgan fingerprint density at radius 2 is 1.60 bits per heavy atom. The van der Waals surface area contributed by atoms with Crippen LogP contribution in [-0.4, -0.2) is 17.4 Å². The van der Waals surface area contributed by atoms with E-state index < -0.39 is 26.2 Å². The first kappa shape index (κ1) is 17.8. The molecule has 0 aliphatic carbocycles. The average molecular weight is 421 g/mol. The van der Waals surface area contributed by atoms with Crippen molar-refractivity contribution in [1.82, 2.24) is 8.96 Å². The number of anilines is 1. The Morgan fingerprint density at radius 1 is 1.00 bits per heavy atom. The molecule has 0 amide bonds. The van der Waals surface area contributed by atoms with Gasteiger partial charge in [0.15, 0.2) is 0 Å². The van der Waals surface area contributed by atoms with E-state index in [1.807, 2.05) is 0 Å². The van der Waals surface area contributed by atoms with Gasteiger partial charge in [-0.15, -0.1) is 3.97 Å². The zero-order valence-corrected chi connectivity index (χ0v) is 15.2. The summed E-state index contributed by atoms with van der Waals surface area (Å²) in [6.45, 7) is 0. The lowest BCUT2D eigenvalue weighted by Crippen LogP contribution is -2.40. The summed E-state index contributed by atoms with van der Waals surface area (Å²) in [5.41, 5.74) is 3.49. The molecular weight excluding hydrogens is 413 g/mol. The Labute approximate surface area is 155 Å². The molecule has 25 heavy (non-hydrogen) atoms. The summed E-state index contributed by atoms with van der Waals surface area (Å²) in [4.78, 5) is 26.6. The fourth-order valence-corrected chi connectivity index (χ4v) is 4.32. The molecule has 0 unspecified atom stereocenters. The SMILES string of the molecule is Nc1c(Cl)cc(S(=O)(=O)n2c(=O)[nH]c3cc(Cl)ccc3c2=O)cc1Cl. The lowest BCUT2D eigenvalue weighted by Gasteiger charge is -2.10. The molecule has 0 fully saturated rings. The van der Waals surface area contributed by atoms with E-state index >= 15 is 0 Å². The second-order valence-corrected chi connectivity index (χ2v) is 8.03. The van der Waals surface area contributed by atoms with Crippen molar-refractivity contribution in [2.75, 3.05) is 5.73 Å². The number of nitrogens with one attached hydrogen (secondary N) is 1. The molecule has 2 aromatic carbocycles. The van der Waals surface area contributed by atoms with Crippen molar-refractivity contribution in [2.45, 2.75) is 4.90 Å². The van der Waals surface area contributed by atoms with E-state index in [0.717, 1.165) is 12.1 Å². The zero-order chi connectivity index (χ0) is 18.5. The second-order valence-electron chi connectivity index (χ2n) is 5.00. The van der Waals surface area contributed by atoms with Crippen molar-refractivity contribution >= 4 is 61.4 Å². The number of hydrogen-bond acceptors (Lipinski definition) is 5. The molecule has 11 heteroatoms. The van der Waals surface area contributed by atoms with Crippen LogP contribution in [0.5, 0.6) is 0 Å². The molecule has 0 bridgehead atoms. The Morgan fingerprint density at radius 3 is 2.20 bits per heavy atom. The average Bonchev–Trinajstić information content (AvgIpc) is 2.51. The molecule has 130 valence electrons. The second kappa shape index (κ2) is 6.06. The van der Waals surface area contributed by atoms with E-state index in [9.17, 15) is 18.0 Å². The van der Waals surface area contributed by atoms with Gasteiger partial charge in [0.05, 0.1) is 31.5 Å². The van der Waals surface area contributed by atoms with Gasteiger partial charge < -0.3 is 10.7 Å². The summed E-state index contributed by atoms with van der Waals surface area (Å²) >= 11 is 17.5. The molecule has 0 aliphatic heterocycles. The zero-order valence-electron chi connectivity index (χ0n) is 12.1. The highest BCUT2D eigenvalue weighted by Gasteiger charge is 2.25. The minimum absolute atomic E-state index is 0.0170. The first-order chi connectivity index (χ1) is 11.6. The molecule has 0 radical (unpaired) electrons. The molecule has 7 nitrogen and oxygen atoms in total. The van der Waals surface area contributed by atoms with Crippen molar-refractivity contribution in [2.24, 2.45) is 0 Å². The number of aromatic amines is 1. The van der Waals surface area contributed by atoms with E-state index in [4.69, 9.17) is 40.5 Å². The van der Waals surface area contributed by atoms with Gasteiger partial charge in [0.1, 0.15) is 0 Å². The van der Waals surface area contributed by atoms with Crippen LogP contribution in [0, 0.1) is 0 Å². The number of nitrogen functional groups attached to an aromatic ring is 1. The van der Waals surface area contributed by atoms with E-state index in [1.165, 1.54) is 18.2 Å². The largest absolute Gasteiger partial charge is 0.396 e. The van der Waals surface area contributed by atoms with Crippen molar-refractivity contribution in [1.29, 1.82) is 0 Å². The minimum Gasteiger partial charge on any atom is -0.396 e. The smallest absolute Gasteiger partial charge is 0.343 e. The number of aromatic nitrogens is 2. The van der Waals surface area contributed by atoms with Gasteiger partial charge in [0.25, 0.3) is 15.6 Å². The lowest BCUT2D eigenvalue weighted by atomic mass is 10.2. The van der Waals surface area contributed by atoms with Gasteiger partial charge in [0.2, 0.25) is 0 Å². The van der Waals surface area contributed by atoms with E-state index in [1.54, 1.807) is 0 Å². The van der Waals surface area contributed by atoms with Gasteiger partial charge in [-0.05, 0) is 30.3 Å². The molecule has 3 N–H and O–H groups in total. The fourth-order valence-electron chi connectivity index (χ4n) is 2.21. The van der Waals surface area contributed by atoms with E-state index in [-0.39, 0.29) is 35.6 Å². The number of benzene rings is 2. The van der Waals surface area contributed by atoms with Gasteiger partial charge >= 0.3 is 5.69 Å². The summed E-state index contributed by atoms with van der Waals surface area (Å²) in [7, 11) is -4.56. The van der Waals surface area contributed by atoms with Crippen molar-refractivity contribution in [3.05, 3.63) is 66.2 Å². The predicted molar refractivity (Wildman–Crippen MR) is 97.3 cm³/mol. The third-order valence-corrected chi connectivity index (χ3v) is 5.92. The maximum absolute atomic E-state index is 12.8. The summed E-state index contributed by atoms with van der Waals surface area (Å²) in [6, 6.07) is 6.07. The summed E-state index contributed by atoms with van der Waals surface area (Å²) in [5.74, 6) is 0. The van der Waals surface area contributed by atoms with Crippen LogP contribution in [0.3, 0.4) is 0 Å². The van der Waals surface area contributed by atoms with Gasteiger partial charge in [-0.1, -0.05) is 34.8 Å². The number of rotatable bonds is 2. The number of nitrogens with two attached hydrogens (primary N) is 1. The highest BCUT2D eigenvalue weighted by atomic mass is 35.5. The molecule has 0 saturated heterocycles. The molecule has 1 heterocycles. The third kappa shape index (κ3) is 2.91. The molecule has 0 spiro atoms. The molecule has 3 aromatic rings. The topological polar surface area (TPSA) is 115 Å². The molecule has 0 aliphatic rings. The van der Waals surface area contributed by atoms with Crippen LogP contribution in [0.2, 0.25) is 15.1 Å². The fraction of sp³-hybridized carbons (Fsp3) is 0. The van der Waals surface area contributed by atoms with Gasteiger partial charge in [-0.2, -0.15) is 0 Å². The summed E-state index contributed by atoms with van der Waals surface area (Å²) < 4.78 is 25.6. The van der Waals surface area contributed by atoms with Crippen LogP contribution in [0.25, 0.3) is 10.9 Å². The monoisotopic (exact) mass is 419 g/mol. The lowest BCUT2D eigenvalue weighted by molar-refractivity contribution is 0.582. The first-order valence-electron chi connectivity index (χ1n) is 6.57. The van der Waals surface area contributed by atoms with Crippen LogP contribution in [-0.2, 0) is 10.0 Å². The Hall–Kier alpha value is -2.00. The Balaban J connectivity index is 2.38. The third-order valence-electron chi connectivity index (χ3n) is 3.41. The van der Waals surface area contributed by atoms with Crippen LogP contribution in [0.15, 0.2) is 44.8 Å². The van der Waals surface area contributed by atoms with Crippen molar-refractivity contribution < 1.29 is 8.42 Å². The number of hydrogen-bond donors (Lipinski definition) is 2. The summed E-state index contributed by atoms with van der Waals surface area (Å²) in [6.07, 6.45) is 0. The van der Waals surface area contributed by atoms with Gasteiger partial charge in [-0.3, -0.25) is 4.79 Å². The molecule has 0 atom stereocenters. The van der Waals surface area contributed by atoms with Gasteiger partial charge in [0, 0.05) is 5.02 Å². The van der Waals surface area contributed by atoms with E-state index in [2.05, 4.69) is 4.98 Å². The number of fused-ring (bicyclic) bond motifs is 1. The van der Waals surface area contributed by atoms with Crippen LogP contribution in [0.1, 0.15) is 0 Å². The number of H-pyrrole nitrogens is 1. The molecule has 3 rings (SSSR count). The minimum atomic E-state index is -4.56. The quantitative estimate of drug-likeness (QED) is 0.618. The predicted octanol–water partition coefficient (Wildman–Crippen LogP) is 2.47. The Kier molecular flexibility index (Phi) is 4.32. The van der Waals surface area contributed by atoms with Gasteiger partial charge in [-0.25, -0.2) is 13.2 Å². The van der Waals surface area contributed by atoms with Crippen molar-refractivity contribution in [3.8, 4) is 0 Å². The van der Waals surface area contributed by atoms with Crippen LogP contribution < -0.4 is 17.0 Å². The highest BCUT2D eigenvalue weighted by molar-refractivity contribution is 7.90. The first-order valence-corrected chi connectivity index (χ1v) is 9.15.